The smallest absolute Gasteiger partial charge is 0.330 e. The van der Waals surface area contributed by atoms with Crippen LogP contribution in [0.2, 0.25) is 5.02 Å². The van der Waals surface area contributed by atoms with E-state index in [-0.39, 0.29) is 12.0 Å². The van der Waals surface area contributed by atoms with Crippen molar-refractivity contribution in [2.75, 3.05) is 5.75 Å². The first-order chi connectivity index (χ1) is 19.8. The maximum atomic E-state index is 13.2. The number of carboxylic acid groups (broad SMARTS) is 2. The molecule has 0 saturated heterocycles. The minimum atomic E-state index is -4.03. The molecule has 13 heteroatoms. The van der Waals surface area contributed by atoms with Crippen molar-refractivity contribution < 1.29 is 37.8 Å². The van der Waals surface area contributed by atoms with Gasteiger partial charge in [0.1, 0.15) is 12.1 Å². The molecule has 0 unspecified atom stereocenters. The average Bonchev–Trinajstić information content (AvgIpc) is 2.95. The molecule has 11 nitrogen and oxygen atoms in total. The molecule has 6 N–H and O–H groups in total. The van der Waals surface area contributed by atoms with E-state index in [0.717, 1.165) is 11.1 Å². The van der Waals surface area contributed by atoms with Gasteiger partial charge in [-0.3, -0.25) is 14.4 Å². The topological polar surface area (TPSA) is 193 Å². The summed E-state index contributed by atoms with van der Waals surface area (Å²) in [6.07, 6.45) is -0.670. The molecule has 0 saturated carbocycles. The third kappa shape index (κ3) is 9.68. The number of halogens is 1. The molecule has 0 aliphatic carbocycles. The van der Waals surface area contributed by atoms with E-state index >= 15 is 0 Å². The standard InChI is InChI=1S/C29H30ClN3O8S/c30-22-12-10-21(11-13-22)26(29(38)39)33-27(35)24(32-25(34)15-14-23(31)28(36)37)17-42(40,41)16-18-6-8-20(9-7-18)19-4-2-1-3-5-19/h1-13,23-24,26H,14-17,31H2,(H,32,34)(H,33,35)(H,36,37)(H,38,39)/t23-,24-,26+/m0/s1. The van der Waals surface area contributed by atoms with Gasteiger partial charge in [-0.1, -0.05) is 78.3 Å². The quantitative estimate of drug-likeness (QED) is 0.181. The van der Waals surface area contributed by atoms with Gasteiger partial charge in [0.2, 0.25) is 11.8 Å². The second-order valence-electron chi connectivity index (χ2n) is 9.55. The van der Waals surface area contributed by atoms with E-state index in [0.29, 0.717) is 10.6 Å². The number of aliphatic carboxylic acids is 2. The molecule has 3 aromatic carbocycles. The van der Waals surface area contributed by atoms with Crippen molar-refractivity contribution in [1.82, 2.24) is 10.6 Å². The lowest BCUT2D eigenvalue weighted by Gasteiger charge is -2.22. The van der Waals surface area contributed by atoms with Gasteiger partial charge >= 0.3 is 11.9 Å². The van der Waals surface area contributed by atoms with Crippen LogP contribution in [0, 0.1) is 0 Å². The summed E-state index contributed by atoms with van der Waals surface area (Å²) in [4.78, 5) is 48.7. The first kappa shape index (κ1) is 32.3. The van der Waals surface area contributed by atoms with Crippen LogP contribution in [0.3, 0.4) is 0 Å². The lowest BCUT2D eigenvalue weighted by Crippen LogP contribution is -2.52. The van der Waals surface area contributed by atoms with Gasteiger partial charge in [-0.05, 0) is 40.8 Å². The Kier molecular flexibility index (Phi) is 11.2. The summed E-state index contributed by atoms with van der Waals surface area (Å²) in [6.45, 7) is 0. The highest BCUT2D eigenvalue weighted by molar-refractivity contribution is 7.90. The maximum Gasteiger partial charge on any atom is 0.330 e. The number of nitrogens with two attached hydrogens (primary N) is 1. The van der Waals surface area contributed by atoms with Crippen LogP contribution in [0.15, 0.2) is 78.9 Å². The van der Waals surface area contributed by atoms with E-state index < -0.39 is 69.6 Å². The Labute approximate surface area is 247 Å². The summed E-state index contributed by atoms with van der Waals surface area (Å²) in [5.74, 6) is -5.94. The van der Waals surface area contributed by atoms with Crippen LogP contribution in [0.4, 0.5) is 0 Å². The molecule has 3 aromatic rings. The van der Waals surface area contributed by atoms with Crippen LogP contribution in [0.1, 0.15) is 30.0 Å². The van der Waals surface area contributed by atoms with Gasteiger partial charge in [0.25, 0.3) is 0 Å². The Morgan fingerprint density at radius 1 is 0.810 bits per heavy atom. The van der Waals surface area contributed by atoms with Crippen molar-refractivity contribution in [2.45, 2.75) is 36.7 Å². The Bertz CT molecular complexity index is 1510. The Balaban J connectivity index is 1.79. The minimum absolute atomic E-state index is 0.166. The van der Waals surface area contributed by atoms with Gasteiger partial charge in [0, 0.05) is 11.4 Å². The Hall–Kier alpha value is -4.26. The predicted octanol–water partition coefficient (Wildman–Crippen LogP) is 2.54. The summed E-state index contributed by atoms with van der Waals surface area (Å²) >= 11 is 5.87. The first-order valence-electron chi connectivity index (χ1n) is 12.8. The third-order valence-corrected chi connectivity index (χ3v) is 8.12. The Morgan fingerprint density at radius 3 is 1.98 bits per heavy atom. The summed E-state index contributed by atoms with van der Waals surface area (Å²) in [6, 6.07) is 17.3. The van der Waals surface area contributed by atoms with E-state index in [4.69, 9.17) is 22.4 Å². The number of benzene rings is 3. The van der Waals surface area contributed by atoms with Crippen molar-refractivity contribution in [2.24, 2.45) is 5.73 Å². The minimum Gasteiger partial charge on any atom is -0.480 e. The molecule has 0 radical (unpaired) electrons. The third-order valence-electron chi connectivity index (χ3n) is 6.26. The number of amides is 2. The monoisotopic (exact) mass is 615 g/mol. The second kappa shape index (κ2) is 14.6. The molecular weight excluding hydrogens is 586 g/mol. The van der Waals surface area contributed by atoms with Crippen LogP contribution in [-0.2, 0) is 34.8 Å². The fraction of sp³-hybridized carbons (Fsp3) is 0.241. The van der Waals surface area contributed by atoms with Crippen LogP contribution >= 0.6 is 11.6 Å². The second-order valence-corrected chi connectivity index (χ2v) is 12.1. The van der Waals surface area contributed by atoms with E-state index in [2.05, 4.69) is 10.6 Å². The molecule has 222 valence electrons. The fourth-order valence-corrected chi connectivity index (χ4v) is 5.72. The molecule has 42 heavy (non-hydrogen) atoms. The molecule has 0 fully saturated rings. The number of hydrogen-bond acceptors (Lipinski definition) is 7. The summed E-state index contributed by atoms with van der Waals surface area (Å²) in [7, 11) is -4.03. The molecule has 0 bridgehead atoms. The first-order valence-corrected chi connectivity index (χ1v) is 15.0. The van der Waals surface area contributed by atoms with Crippen molar-refractivity contribution >= 4 is 45.2 Å². The number of carbonyl (C=O) groups excluding carboxylic acids is 2. The van der Waals surface area contributed by atoms with E-state index in [1.165, 1.54) is 24.3 Å². The van der Waals surface area contributed by atoms with Crippen molar-refractivity contribution in [3.63, 3.8) is 0 Å². The van der Waals surface area contributed by atoms with Gasteiger partial charge in [0.15, 0.2) is 15.9 Å². The zero-order chi connectivity index (χ0) is 30.9. The molecule has 0 aliphatic heterocycles. The van der Waals surface area contributed by atoms with Crippen molar-refractivity contribution in [3.05, 3.63) is 95.0 Å². The summed E-state index contributed by atoms with van der Waals surface area (Å²) in [5.41, 5.74) is 7.87. The van der Waals surface area contributed by atoms with Crippen molar-refractivity contribution in [1.29, 1.82) is 0 Å². The van der Waals surface area contributed by atoms with Gasteiger partial charge in [-0.15, -0.1) is 0 Å². The highest BCUT2D eigenvalue weighted by atomic mass is 35.5. The largest absolute Gasteiger partial charge is 0.480 e. The molecule has 3 atom stereocenters. The number of nitrogens with one attached hydrogen (secondary N) is 2. The highest BCUT2D eigenvalue weighted by Gasteiger charge is 2.31. The highest BCUT2D eigenvalue weighted by Crippen LogP contribution is 2.21. The SMILES string of the molecule is N[C@@H](CCC(=O)N[C@@H](CS(=O)(=O)Cc1ccc(-c2ccccc2)cc1)C(=O)N[C@@H](C(=O)O)c1ccc(Cl)cc1)C(=O)O. The van der Waals surface area contributed by atoms with Crippen LogP contribution < -0.4 is 16.4 Å². The predicted molar refractivity (Wildman–Crippen MR) is 156 cm³/mol. The molecule has 0 aliphatic rings. The zero-order valence-electron chi connectivity index (χ0n) is 22.3. The maximum absolute atomic E-state index is 13.2. The van der Waals surface area contributed by atoms with Gasteiger partial charge in [0.05, 0.1) is 11.5 Å². The van der Waals surface area contributed by atoms with Gasteiger partial charge < -0.3 is 26.6 Å². The molecule has 0 aromatic heterocycles. The number of rotatable bonds is 14. The van der Waals surface area contributed by atoms with Crippen molar-refractivity contribution in [3.8, 4) is 11.1 Å². The Morgan fingerprint density at radius 2 is 1.40 bits per heavy atom. The fourth-order valence-electron chi connectivity index (χ4n) is 4.04. The lowest BCUT2D eigenvalue weighted by molar-refractivity contribution is -0.142. The van der Waals surface area contributed by atoms with Gasteiger partial charge in [-0.2, -0.15) is 0 Å². The van der Waals surface area contributed by atoms with Crippen LogP contribution in [0.5, 0.6) is 0 Å². The molecule has 0 heterocycles. The number of sulfone groups is 1. The number of hydrogen-bond donors (Lipinski definition) is 5. The number of carboxylic acids is 2. The molecule has 3 rings (SSSR count). The normalized spacial score (nSPS) is 13.4. The lowest BCUT2D eigenvalue weighted by atomic mass is 10.0. The zero-order valence-corrected chi connectivity index (χ0v) is 23.8. The molecular formula is C29H30ClN3O8S. The molecule has 2 amide bonds. The van der Waals surface area contributed by atoms with Crippen LogP contribution in [-0.4, -0.2) is 60.2 Å². The summed E-state index contributed by atoms with van der Waals surface area (Å²) in [5, 5.41) is 23.6. The number of carbonyl (C=O) groups is 4. The molecule has 0 spiro atoms. The van der Waals surface area contributed by atoms with E-state index in [1.54, 1.807) is 24.3 Å². The van der Waals surface area contributed by atoms with E-state index in [9.17, 15) is 32.7 Å². The van der Waals surface area contributed by atoms with Crippen LogP contribution in [0.25, 0.3) is 11.1 Å². The van der Waals surface area contributed by atoms with Gasteiger partial charge in [-0.25, -0.2) is 13.2 Å². The van der Waals surface area contributed by atoms with E-state index in [1.807, 2.05) is 30.3 Å². The average molecular weight is 616 g/mol. The summed E-state index contributed by atoms with van der Waals surface area (Å²) < 4.78 is 26.3.